The lowest BCUT2D eigenvalue weighted by atomic mass is 10.1. The molecule has 0 radical (unpaired) electrons. The van der Waals surface area contributed by atoms with Crippen LogP contribution in [0.4, 0.5) is 0 Å². The summed E-state index contributed by atoms with van der Waals surface area (Å²) < 4.78 is 28.1. The van der Waals surface area contributed by atoms with E-state index in [-0.39, 0.29) is 10.8 Å². The lowest BCUT2D eigenvalue weighted by molar-refractivity contribution is -0.141. The number of aliphatic carboxylic acids is 1. The molecular formula is C18H26N4O4S. The summed E-state index contributed by atoms with van der Waals surface area (Å²) in [4.78, 5) is 18.2. The minimum atomic E-state index is -3.52. The van der Waals surface area contributed by atoms with Gasteiger partial charge in [-0.2, -0.15) is 0 Å². The summed E-state index contributed by atoms with van der Waals surface area (Å²) in [5.74, 6) is -0.235. The van der Waals surface area contributed by atoms with Crippen molar-refractivity contribution in [3.05, 3.63) is 24.0 Å². The van der Waals surface area contributed by atoms with Crippen molar-refractivity contribution in [3.8, 4) is 0 Å². The maximum atomic E-state index is 12.4. The van der Waals surface area contributed by atoms with Crippen LogP contribution in [0.5, 0.6) is 0 Å². The fourth-order valence-corrected chi connectivity index (χ4v) is 4.42. The maximum Gasteiger partial charge on any atom is 0.307 e. The molecule has 0 amide bonds. The molecule has 1 unspecified atom stereocenters. The molecule has 1 aliphatic rings. The third kappa shape index (κ3) is 3.85. The van der Waals surface area contributed by atoms with Crippen LogP contribution in [-0.2, 0) is 27.9 Å². The van der Waals surface area contributed by atoms with Crippen LogP contribution in [0, 0.1) is 5.92 Å². The topological polar surface area (TPSA) is 95.7 Å². The van der Waals surface area contributed by atoms with Crippen molar-refractivity contribution in [3.63, 3.8) is 0 Å². The largest absolute Gasteiger partial charge is 0.481 e. The molecule has 8 nitrogen and oxygen atoms in total. The van der Waals surface area contributed by atoms with Gasteiger partial charge < -0.3 is 9.67 Å². The molecule has 2 aromatic rings. The molecule has 0 bridgehead atoms. The van der Waals surface area contributed by atoms with Gasteiger partial charge in [-0.05, 0) is 37.6 Å². The minimum Gasteiger partial charge on any atom is -0.481 e. The number of carboxylic acids is 1. The second-order valence-corrected chi connectivity index (χ2v) is 9.33. The van der Waals surface area contributed by atoms with E-state index in [1.807, 2.05) is 6.07 Å². The highest BCUT2D eigenvalue weighted by molar-refractivity contribution is 7.89. The molecular weight excluding hydrogens is 368 g/mol. The van der Waals surface area contributed by atoms with Crippen molar-refractivity contribution >= 4 is 27.0 Å². The lowest BCUT2D eigenvalue weighted by Gasteiger charge is -2.16. The number of likely N-dealkylation sites (tertiary alicyclic amines) is 1. The number of hydrogen-bond acceptors (Lipinski definition) is 5. The number of aromatic nitrogens is 2. The molecule has 0 spiro atoms. The first-order valence-electron chi connectivity index (χ1n) is 9.11. The zero-order chi connectivity index (χ0) is 19.8. The van der Waals surface area contributed by atoms with Crippen molar-refractivity contribution in [1.29, 1.82) is 0 Å². The van der Waals surface area contributed by atoms with Crippen LogP contribution >= 0.6 is 0 Å². The summed E-state index contributed by atoms with van der Waals surface area (Å²) in [6.45, 7) is 4.67. The Morgan fingerprint density at radius 1 is 1.37 bits per heavy atom. The van der Waals surface area contributed by atoms with E-state index < -0.39 is 16.0 Å². The highest BCUT2D eigenvalue weighted by Crippen LogP contribution is 2.25. The van der Waals surface area contributed by atoms with Crippen LogP contribution < -0.4 is 0 Å². The molecule has 3 rings (SSSR count). The Hall–Kier alpha value is -1.97. The number of carboxylic acid groups (broad SMARTS) is 1. The first-order chi connectivity index (χ1) is 12.7. The number of imidazole rings is 1. The van der Waals surface area contributed by atoms with Crippen molar-refractivity contribution < 1.29 is 18.3 Å². The van der Waals surface area contributed by atoms with Gasteiger partial charge in [0.05, 0.1) is 28.4 Å². The number of hydrogen-bond donors (Lipinski definition) is 1. The van der Waals surface area contributed by atoms with Gasteiger partial charge in [0, 0.05) is 27.2 Å². The van der Waals surface area contributed by atoms with E-state index in [2.05, 4.69) is 21.4 Å². The van der Waals surface area contributed by atoms with Crippen LogP contribution in [-0.4, -0.2) is 65.4 Å². The van der Waals surface area contributed by atoms with Gasteiger partial charge in [-0.25, -0.2) is 17.7 Å². The van der Waals surface area contributed by atoms with Gasteiger partial charge in [-0.3, -0.25) is 9.69 Å². The number of aryl methyl sites for hydroxylation is 1. The van der Waals surface area contributed by atoms with Gasteiger partial charge in [0.15, 0.2) is 0 Å². The summed E-state index contributed by atoms with van der Waals surface area (Å²) in [6, 6.07) is 5.04. The summed E-state index contributed by atoms with van der Waals surface area (Å²) in [7, 11) is -0.501. The highest BCUT2D eigenvalue weighted by atomic mass is 32.2. The second kappa shape index (κ2) is 7.57. The van der Waals surface area contributed by atoms with Crippen LogP contribution in [0.3, 0.4) is 0 Å². The van der Waals surface area contributed by atoms with Gasteiger partial charge in [0.1, 0.15) is 5.82 Å². The molecule has 1 aromatic carbocycles. The second-order valence-electron chi connectivity index (χ2n) is 7.18. The molecule has 2 heterocycles. The smallest absolute Gasteiger partial charge is 0.307 e. The Morgan fingerprint density at radius 2 is 2.11 bits per heavy atom. The molecule has 1 N–H and O–H groups in total. The Morgan fingerprint density at radius 3 is 2.70 bits per heavy atom. The number of fused-ring (bicyclic) bond motifs is 1. The highest BCUT2D eigenvalue weighted by Gasteiger charge is 2.29. The van der Waals surface area contributed by atoms with Crippen LogP contribution in [0.1, 0.15) is 25.6 Å². The third-order valence-corrected chi connectivity index (χ3v) is 6.82. The summed E-state index contributed by atoms with van der Waals surface area (Å²) >= 11 is 0. The van der Waals surface area contributed by atoms with Gasteiger partial charge in [-0.1, -0.05) is 6.92 Å². The molecule has 1 saturated heterocycles. The van der Waals surface area contributed by atoms with Crippen molar-refractivity contribution in [2.24, 2.45) is 5.92 Å². The monoisotopic (exact) mass is 394 g/mol. The molecule has 148 valence electrons. The number of nitrogens with zero attached hydrogens (tertiary/aromatic N) is 4. The number of rotatable bonds is 7. The molecule has 0 aliphatic carbocycles. The van der Waals surface area contributed by atoms with E-state index in [0.717, 1.165) is 30.9 Å². The molecule has 1 aromatic heterocycles. The first kappa shape index (κ1) is 19.8. The Labute approximate surface area is 159 Å². The van der Waals surface area contributed by atoms with E-state index >= 15 is 0 Å². The average molecular weight is 394 g/mol. The first-order valence-corrected chi connectivity index (χ1v) is 10.5. The third-order valence-electron chi connectivity index (χ3n) is 5.01. The van der Waals surface area contributed by atoms with Gasteiger partial charge in [0.25, 0.3) is 0 Å². The number of carbonyl (C=O) groups is 1. The predicted octanol–water partition coefficient (Wildman–Crippen LogP) is 1.60. The Kier molecular flexibility index (Phi) is 5.55. The van der Waals surface area contributed by atoms with Crippen LogP contribution in [0.2, 0.25) is 0 Å². The van der Waals surface area contributed by atoms with Crippen molar-refractivity contribution in [2.45, 2.75) is 37.8 Å². The van der Waals surface area contributed by atoms with Gasteiger partial charge in [0.2, 0.25) is 10.0 Å². The average Bonchev–Trinajstić information content (AvgIpc) is 3.20. The molecule has 1 atom stereocenters. The molecule has 9 heteroatoms. The zero-order valence-corrected chi connectivity index (χ0v) is 16.7. The maximum absolute atomic E-state index is 12.4. The van der Waals surface area contributed by atoms with E-state index in [4.69, 9.17) is 0 Å². The zero-order valence-electron chi connectivity index (χ0n) is 15.9. The lowest BCUT2D eigenvalue weighted by Crippen LogP contribution is -2.24. The van der Waals surface area contributed by atoms with E-state index in [1.54, 1.807) is 12.1 Å². The van der Waals surface area contributed by atoms with E-state index in [1.165, 1.54) is 18.4 Å². The number of sulfonamides is 1. The minimum absolute atomic E-state index is 0.222. The molecule has 0 saturated carbocycles. The van der Waals surface area contributed by atoms with Crippen molar-refractivity contribution in [2.75, 3.05) is 27.2 Å². The van der Waals surface area contributed by atoms with E-state index in [9.17, 15) is 18.3 Å². The Bertz CT molecular complexity index is 952. The van der Waals surface area contributed by atoms with Crippen LogP contribution in [0.15, 0.2) is 23.1 Å². The fraction of sp³-hybridized carbons (Fsp3) is 0.556. The van der Waals surface area contributed by atoms with Crippen molar-refractivity contribution in [1.82, 2.24) is 18.8 Å². The fourth-order valence-electron chi connectivity index (χ4n) is 3.50. The quantitative estimate of drug-likeness (QED) is 0.766. The SMILES string of the molecule is CCCn1c(CN2CCC(C(=O)O)C2)nc2cc(S(=O)(=O)N(C)C)ccc21. The van der Waals surface area contributed by atoms with E-state index in [0.29, 0.717) is 25.0 Å². The van der Waals surface area contributed by atoms with Gasteiger partial charge >= 0.3 is 5.97 Å². The molecule has 27 heavy (non-hydrogen) atoms. The number of benzene rings is 1. The summed E-state index contributed by atoms with van der Waals surface area (Å²) in [6.07, 6.45) is 1.57. The Balaban J connectivity index is 1.95. The summed E-state index contributed by atoms with van der Waals surface area (Å²) in [5, 5.41) is 9.19. The molecule has 1 fully saturated rings. The molecule has 1 aliphatic heterocycles. The summed E-state index contributed by atoms with van der Waals surface area (Å²) in [5.41, 5.74) is 1.55. The normalized spacial score (nSPS) is 18.6. The van der Waals surface area contributed by atoms with Crippen LogP contribution in [0.25, 0.3) is 11.0 Å². The predicted molar refractivity (Wildman–Crippen MR) is 102 cm³/mol. The standard InChI is InChI=1S/C18H26N4O4S/c1-4-8-22-16-6-5-14(27(25,26)20(2)3)10-15(16)19-17(22)12-21-9-7-13(11-21)18(23)24/h5-6,10,13H,4,7-9,11-12H2,1-3H3,(H,23,24). The van der Waals surface area contributed by atoms with Gasteiger partial charge in [-0.15, -0.1) is 0 Å².